The van der Waals surface area contributed by atoms with Crippen LogP contribution in [0.15, 0.2) is 24.3 Å². The van der Waals surface area contributed by atoms with Crippen molar-refractivity contribution < 1.29 is 14.6 Å². The molecule has 2 rings (SSSR count). The Morgan fingerprint density at radius 3 is 2.07 bits per heavy atom. The summed E-state index contributed by atoms with van der Waals surface area (Å²) < 4.78 is 13.7. The van der Waals surface area contributed by atoms with E-state index in [1.165, 1.54) is 17.2 Å². The van der Waals surface area contributed by atoms with Gasteiger partial charge >= 0.3 is 0 Å². The number of phenolic OH excluding ortho intramolecular Hbond substituents is 1. The summed E-state index contributed by atoms with van der Waals surface area (Å²) in [6.45, 7) is 12.6. The predicted molar refractivity (Wildman–Crippen MR) is 116 cm³/mol. The van der Waals surface area contributed by atoms with Crippen molar-refractivity contribution in [1.29, 1.82) is 0 Å². The van der Waals surface area contributed by atoms with Crippen LogP contribution in [0.4, 0.5) is 4.39 Å². The van der Waals surface area contributed by atoms with Gasteiger partial charge in [0.1, 0.15) is 11.6 Å². The molecule has 0 aliphatic heterocycles. The predicted octanol–water partition coefficient (Wildman–Crippen LogP) is 7.23. The van der Waals surface area contributed by atoms with Crippen LogP contribution in [-0.2, 0) is 6.42 Å². The number of aromatic hydroxyl groups is 1. The second-order valence-electron chi connectivity index (χ2n) is 8.43. The first-order valence-corrected chi connectivity index (χ1v) is 10.5. The molecule has 0 aromatic heterocycles. The van der Waals surface area contributed by atoms with Crippen LogP contribution in [0.2, 0.25) is 0 Å². The Balaban J connectivity index is 2.92. The van der Waals surface area contributed by atoms with Crippen molar-refractivity contribution in [2.45, 2.75) is 85.2 Å². The zero-order valence-electron chi connectivity index (χ0n) is 18.1. The van der Waals surface area contributed by atoms with Crippen molar-refractivity contribution in [2.75, 3.05) is 0 Å². The fourth-order valence-electron chi connectivity index (χ4n) is 4.07. The van der Waals surface area contributed by atoms with Gasteiger partial charge < -0.3 is 10.2 Å². The fraction of sp³-hybridized carbons (Fsp3) is 0.520. The van der Waals surface area contributed by atoms with E-state index in [1.54, 1.807) is 13.0 Å². The van der Waals surface area contributed by atoms with Gasteiger partial charge in [0.2, 0.25) is 0 Å². The highest BCUT2D eigenvalue weighted by Gasteiger charge is 2.25. The highest BCUT2D eigenvalue weighted by Crippen LogP contribution is 2.44. The molecule has 2 aromatic carbocycles. The number of unbranched alkanes of at least 4 members (excludes halogenated alkanes) is 2. The van der Waals surface area contributed by atoms with Gasteiger partial charge in [-0.15, -0.1) is 0 Å². The standard InChI is InChI=1S/C25H35FO2/c1-7-8-9-10-19-21(15(2)3)14-22(16(4)5)24(17(6)27)25(19)20-12-11-18(26)13-23(20)28/h11-17,27-28H,7-10H2,1-6H3. The lowest BCUT2D eigenvalue weighted by molar-refractivity contribution is 0.198. The lowest BCUT2D eigenvalue weighted by Gasteiger charge is -2.27. The summed E-state index contributed by atoms with van der Waals surface area (Å²) in [6.07, 6.45) is 3.50. The molecule has 0 bridgehead atoms. The minimum atomic E-state index is -0.678. The van der Waals surface area contributed by atoms with Gasteiger partial charge in [-0.05, 0) is 71.6 Å². The molecule has 0 radical (unpaired) electrons. The molecule has 0 saturated carbocycles. The van der Waals surface area contributed by atoms with Crippen LogP contribution in [0.5, 0.6) is 5.75 Å². The van der Waals surface area contributed by atoms with Gasteiger partial charge in [0.25, 0.3) is 0 Å². The molecule has 28 heavy (non-hydrogen) atoms. The van der Waals surface area contributed by atoms with Crippen LogP contribution in [0.1, 0.15) is 101 Å². The number of halogens is 1. The molecule has 0 amide bonds. The van der Waals surface area contributed by atoms with Crippen molar-refractivity contribution >= 4 is 0 Å². The lowest BCUT2D eigenvalue weighted by Crippen LogP contribution is -2.11. The van der Waals surface area contributed by atoms with E-state index in [2.05, 4.69) is 40.7 Å². The third-order valence-electron chi connectivity index (χ3n) is 5.46. The topological polar surface area (TPSA) is 40.5 Å². The van der Waals surface area contributed by atoms with Crippen LogP contribution < -0.4 is 0 Å². The second-order valence-corrected chi connectivity index (χ2v) is 8.43. The zero-order chi connectivity index (χ0) is 21.0. The van der Waals surface area contributed by atoms with E-state index in [1.807, 2.05) is 0 Å². The Hall–Kier alpha value is -1.87. The maximum Gasteiger partial charge on any atom is 0.126 e. The van der Waals surface area contributed by atoms with Gasteiger partial charge in [-0.25, -0.2) is 4.39 Å². The summed E-state index contributed by atoms with van der Waals surface area (Å²) in [5, 5.41) is 21.3. The molecule has 0 heterocycles. The maximum atomic E-state index is 13.7. The fourth-order valence-corrected chi connectivity index (χ4v) is 4.07. The van der Waals surface area contributed by atoms with Crippen LogP contribution in [0.3, 0.4) is 0 Å². The lowest BCUT2D eigenvalue weighted by atomic mass is 9.78. The molecule has 3 heteroatoms. The van der Waals surface area contributed by atoms with E-state index < -0.39 is 11.9 Å². The quantitative estimate of drug-likeness (QED) is 0.470. The van der Waals surface area contributed by atoms with Crippen molar-refractivity contribution in [3.05, 3.63) is 52.3 Å². The van der Waals surface area contributed by atoms with Crippen LogP contribution in [0, 0.1) is 5.82 Å². The molecule has 0 aliphatic carbocycles. The van der Waals surface area contributed by atoms with Gasteiger partial charge in [-0.1, -0.05) is 53.5 Å². The Labute approximate surface area is 169 Å². The molecule has 0 fully saturated rings. The average molecular weight is 387 g/mol. The minimum Gasteiger partial charge on any atom is -0.507 e. The van der Waals surface area contributed by atoms with Crippen molar-refractivity contribution in [3.8, 4) is 16.9 Å². The molecular formula is C25H35FO2. The number of benzene rings is 2. The Morgan fingerprint density at radius 2 is 1.57 bits per heavy atom. The number of aliphatic hydroxyl groups excluding tert-OH is 1. The van der Waals surface area contributed by atoms with Gasteiger partial charge in [0.05, 0.1) is 6.10 Å². The molecule has 2 N–H and O–H groups in total. The molecule has 2 nitrogen and oxygen atoms in total. The Bertz CT molecular complexity index is 807. The Kier molecular flexibility index (Phi) is 7.65. The monoisotopic (exact) mass is 386 g/mol. The number of hydrogen-bond acceptors (Lipinski definition) is 2. The van der Waals surface area contributed by atoms with Crippen molar-refractivity contribution in [2.24, 2.45) is 0 Å². The SMILES string of the molecule is CCCCCc1c(C(C)C)cc(C(C)C)c(C(C)O)c1-c1ccc(F)cc1O. The molecule has 0 aliphatic rings. The number of phenols is 1. The van der Waals surface area contributed by atoms with E-state index in [0.717, 1.165) is 48.4 Å². The molecule has 0 spiro atoms. The van der Waals surface area contributed by atoms with Gasteiger partial charge in [-0.2, -0.15) is 0 Å². The summed E-state index contributed by atoms with van der Waals surface area (Å²) in [7, 11) is 0. The number of aliphatic hydroxyl groups is 1. The van der Waals surface area contributed by atoms with E-state index in [4.69, 9.17) is 0 Å². The van der Waals surface area contributed by atoms with Crippen molar-refractivity contribution in [3.63, 3.8) is 0 Å². The van der Waals surface area contributed by atoms with Crippen molar-refractivity contribution in [1.82, 2.24) is 0 Å². The second kappa shape index (κ2) is 9.56. The smallest absolute Gasteiger partial charge is 0.126 e. The normalized spacial score (nSPS) is 12.8. The highest BCUT2D eigenvalue weighted by atomic mass is 19.1. The third kappa shape index (κ3) is 4.75. The summed E-state index contributed by atoms with van der Waals surface area (Å²) in [5.41, 5.74) is 5.87. The third-order valence-corrected chi connectivity index (χ3v) is 5.46. The van der Waals surface area contributed by atoms with E-state index in [9.17, 15) is 14.6 Å². The molecule has 154 valence electrons. The summed E-state index contributed by atoms with van der Waals surface area (Å²) in [4.78, 5) is 0. The van der Waals surface area contributed by atoms with Crippen LogP contribution >= 0.6 is 0 Å². The van der Waals surface area contributed by atoms with E-state index >= 15 is 0 Å². The average Bonchev–Trinajstić information content (AvgIpc) is 2.60. The number of hydrogen-bond donors (Lipinski definition) is 2. The van der Waals surface area contributed by atoms with Crippen LogP contribution in [0.25, 0.3) is 11.1 Å². The summed E-state index contributed by atoms with van der Waals surface area (Å²) >= 11 is 0. The zero-order valence-corrected chi connectivity index (χ0v) is 18.1. The highest BCUT2D eigenvalue weighted by molar-refractivity contribution is 5.79. The maximum absolute atomic E-state index is 13.7. The van der Waals surface area contributed by atoms with E-state index in [-0.39, 0.29) is 11.7 Å². The van der Waals surface area contributed by atoms with Gasteiger partial charge in [-0.3, -0.25) is 0 Å². The first-order valence-electron chi connectivity index (χ1n) is 10.5. The minimum absolute atomic E-state index is 0.0748. The Morgan fingerprint density at radius 1 is 0.929 bits per heavy atom. The largest absolute Gasteiger partial charge is 0.507 e. The van der Waals surface area contributed by atoms with E-state index in [0.29, 0.717) is 11.5 Å². The van der Waals surface area contributed by atoms with Gasteiger partial charge in [0, 0.05) is 11.6 Å². The molecular weight excluding hydrogens is 351 g/mol. The molecule has 2 aromatic rings. The molecule has 1 unspecified atom stereocenters. The first-order chi connectivity index (χ1) is 13.2. The number of rotatable bonds is 8. The van der Waals surface area contributed by atoms with Gasteiger partial charge in [0.15, 0.2) is 0 Å². The summed E-state index contributed by atoms with van der Waals surface area (Å²) in [6, 6.07) is 6.42. The molecule has 0 saturated heterocycles. The first kappa shape index (κ1) is 22.4. The van der Waals surface area contributed by atoms with Crippen LogP contribution in [-0.4, -0.2) is 10.2 Å². The molecule has 1 atom stereocenters. The summed E-state index contributed by atoms with van der Waals surface area (Å²) in [5.74, 6) is 0.0115.